The number of aromatic nitrogens is 2. The Kier molecular flexibility index (Phi) is 4.83. The van der Waals surface area contributed by atoms with Crippen LogP contribution >= 0.6 is 11.6 Å². The van der Waals surface area contributed by atoms with E-state index in [2.05, 4.69) is 15.7 Å². The molecule has 7 heteroatoms. The quantitative estimate of drug-likeness (QED) is 0.873. The van der Waals surface area contributed by atoms with Crippen LogP contribution in [-0.4, -0.2) is 28.3 Å². The fraction of sp³-hybridized carbons (Fsp3) is 0.375. The molecule has 0 aliphatic carbocycles. The van der Waals surface area contributed by atoms with Gasteiger partial charge < -0.3 is 15.4 Å². The van der Waals surface area contributed by atoms with Crippen LogP contribution in [0.5, 0.6) is 5.75 Å². The smallest absolute Gasteiger partial charge is 0.261 e. The van der Waals surface area contributed by atoms with Gasteiger partial charge in [0.25, 0.3) is 5.91 Å². The van der Waals surface area contributed by atoms with E-state index in [0.717, 1.165) is 31.0 Å². The number of nitrogens with zero attached hydrogens (tertiary/aromatic N) is 2. The monoisotopic (exact) mass is 334 g/mol. The molecule has 0 saturated carbocycles. The Bertz CT molecular complexity index is 678. The molecule has 1 aliphatic rings. The zero-order valence-corrected chi connectivity index (χ0v) is 13.6. The third-order valence-corrected chi connectivity index (χ3v) is 3.88. The van der Waals surface area contributed by atoms with Gasteiger partial charge in [0.15, 0.2) is 6.10 Å². The third-order valence-electron chi connectivity index (χ3n) is 3.64. The summed E-state index contributed by atoms with van der Waals surface area (Å²) in [7, 11) is 0. The van der Waals surface area contributed by atoms with Crippen molar-refractivity contribution < 1.29 is 9.53 Å². The highest BCUT2D eigenvalue weighted by molar-refractivity contribution is 6.30. The molecule has 1 atom stereocenters. The van der Waals surface area contributed by atoms with Crippen LogP contribution in [0.1, 0.15) is 18.3 Å². The van der Waals surface area contributed by atoms with Crippen LogP contribution in [0.2, 0.25) is 5.02 Å². The molecule has 6 nitrogen and oxygen atoms in total. The molecule has 23 heavy (non-hydrogen) atoms. The lowest BCUT2D eigenvalue weighted by Gasteiger charge is -2.14. The summed E-state index contributed by atoms with van der Waals surface area (Å²) in [5.41, 5.74) is 2.00. The molecule has 0 radical (unpaired) electrons. The van der Waals surface area contributed by atoms with Gasteiger partial charge in [-0.05, 0) is 31.2 Å². The lowest BCUT2D eigenvalue weighted by molar-refractivity contribution is -0.127. The first-order valence-electron chi connectivity index (χ1n) is 7.58. The van der Waals surface area contributed by atoms with E-state index in [1.54, 1.807) is 31.2 Å². The van der Waals surface area contributed by atoms with Crippen molar-refractivity contribution in [1.82, 2.24) is 20.4 Å². The molecule has 0 spiro atoms. The Balaban J connectivity index is 1.53. The standard InChI is InChI=1S/C16H19ClN4O2/c1-11(23-15-4-2-3-12(17)7-15)16(22)19-9-13-8-14-10-18-5-6-21(14)20-13/h2-4,7-8,11,18H,5-6,9-10H2,1H3,(H,19,22)/t11-/m0/s1. The number of amides is 1. The SMILES string of the molecule is C[C@H](Oc1cccc(Cl)c1)C(=O)NCc1cc2n(n1)CCNC2. The lowest BCUT2D eigenvalue weighted by atomic mass is 10.3. The Morgan fingerprint density at radius 1 is 1.52 bits per heavy atom. The molecule has 0 unspecified atom stereocenters. The van der Waals surface area contributed by atoms with Gasteiger partial charge in [0.2, 0.25) is 0 Å². The summed E-state index contributed by atoms with van der Waals surface area (Å²) in [5.74, 6) is 0.387. The summed E-state index contributed by atoms with van der Waals surface area (Å²) in [6.07, 6.45) is -0.604. The van der Waals surface area contributed by atoms with Gasteiger partial charge in [-0.25, -0.2) is 0 Å². The Morgan fingerprint density at radius 2 is 2.39 bits per heavy atom. The van der Waals surface area contributed by atoms with Crippen molar-refractivity contribution >= 4 is 17.5 Å². The molecule has 3 rings (SSSR count). The van der Waals surface area contributed by atoms with Gasteiger partial charge >= 0.3 is 0 Å². The molecule has 1 aromatic heterocycles. The fourth-order valence-corrected chi connectivity index (χ4v) is 2.64. The zero-order chi connectivity index (χ0) is 16.2. The number of hydrogen-bond acceptors (Lipinski definition) is 4. The van der Waals surface area contributed by atoms with Crippen LogP contribution in [0.25, 0.3) is 0 Å². The van der Waals surface area contributed by atoms with Gasteiger partial charge in [-0.1, -0.05) is 17.7 Å². The summed E-state index contributed by atoms with van der Waals surface area (Å²) in [5, 5.41) is 11.2. The van der Waals surface area contributed by atoms with Crippen LogP contribution < -0.4 is 15.4 Å². The molecular formula is C16H19ClN4O2. The number of halogens is 1. The van der Waals surface area contributed by atoms with Crippen LogP contribution in [-0.2, 0) is 24.4 Å². The number of carbonyl (C=O) groups excluding carboxylic acids is 1. The minimum absolute atomic E-state index is 0.186. The van der Waals surface area contributed by atoms with E-state index in [-0.39, 0.29) is 5.91 Å². The van der Waals surface area contributed by atoms with E-state index in [0.29, 0.717) is 17.3 Å². The van der Waals surface area contributed by atoms with Crippen molar-refractivity contribution in [3.8, 4) is 5.75 Å². The second-order valence-electron chi connectivity index (χ2n) is 5.46. The first-order chi connectivity index (χ1) is 11.1. The van der Waals surface area contributed by atoms with Crippen LogP contribution in [0.3, 0.4) is 0 Å². The van der Waals surface area contributed by atoms with E-state index < -0.39 is 6.10 Å². The van der Waals surface area contributed by atoms with Crippen molar-refractivity contribution in [2.24, 2.45) is 0 Å². The molecule has 2 N–H and O–H groups in total. The molecule has 2 aromatic rings. The van der Waals surface area contributed by atoms with Gasteiger partial charge in [0.1, 0.15) is 5.75 Å². The molecule has 2 heterocycles. The van der Waals surface area contributed by atoms with E-state index in [1.165, 1.54) is 0 Å². The molecular weight excluding hydrogens is 316 g/mol. The van der Waals surface area contributed by atoms with Crippen LogP contribution in [0.4, 0.5) is 0 Å². The highest BCUT2D eigenvalue weighted by atomic mass is 35.5. The Morgan fingerprint density at radius 3 is 3.17 bits per heavy atom. The average Bonchev–Trinajstić information content (AvgIpc) is 2.95. The summed E-state index contributed by atoms with van der Waals surface area (Å²) in [6.45, 7) is 4.69. The van der Waals surface area contributed by atoms with E-state index in [1.807, 2.05) is 10.7 Å². The van der Waals surface area contributed by atoms with Crippen LogP contribution in [0, 0.1) is 0 Å². The van der Waals surface area contributed by atoms with Crippen molar-refractivity contribution in [3.05, 3.63) is 46.7 Å². The number of carbonyl (C=O) groups is 1. The largest absolute Gasteiger partial charge is 0.481 e. The number of fused-ring (bicyclic) bond motifs is 1. The molecule has 0 fully saturated rings. The van der Waals surface area contributed by atoms with Gasteiger partial charge in [0.05, 0.1) is 24.5 Å². The maximum absolute atomic E-state index is 12.1. The summed E-state index contributed by atoms with van der Waals surface area (Å²) in [6, 6.07) is 9.00. The number of benzene rings is 1. The molecule has 1 aromatic carbocycles. The predicted octanol–water partition coefficient (Wildman–Crippen LogP) is 1.72. The maximum Gasteiger partial charge on any atom is 0.261 e. The number of rotatable bonds is 5. The summed E-state index contributed by atoms with van der Waals surface area (Å²) in [4.78, 5) is 12.1. The lowest BCUT2D eigenvalue weighted by Crippen LogP contribution is -2.36. The zero-order valence-electron chi connectivity index (χ0n) is 12.9. The van der Waals surface area contributed by atoms with E-state index >= 15 is 0 Å². The topological polar surface area (TPSA) is 68.2 Å². The maximum atomic E-state index is 12.1. The van der Waals surface area contributed by atoms with Gasteiger partial charge in [-0.3, -0.25) is 9.48 Å². The molecule has 122 valence electrons. The second kappa shape index (κ2) is 7.02. The number of nitrogens with one attached hydrogen (secondary N) is 2. The van der Waals surface area contributed by atoms with Gasteiger partial charge in [-0.15, -0.1) is 0 Å². The van der Waals surface area contributed by atoms with Crippen molar-refractivity contribution in [2.75, 3.05) is 6.54 Å². The number of hydrogen-bond donors (Lipinski definition) is 2. The van der Waals surface area contributed by atoms with Crippen LogP contribution in [0.15, 0.2) is 30.3 Å². The highest BCUT2D eigenvalue weighted by Crippen LogP contribution is 2.18. The molecule has 1 aliphatic heterocycles. The molecule has 0 saturated heterocycles. The van der Waals surface area contributed by atoms with Gasteiger partial charge in [-0.2, -0.15) is 5.10 Å². The number of ether oxygens (including phenoxy) is 1. The van der Waals surface area contributed by atoms with Crippen molar-refractivity contribution in [2.45, 2.75) is 32.7 Å². The first kappa shape index (κ1) is 15.8. The third kappa shape index (κ3) is 4.03. The van der Waals surface area contributed by atoms with E-state index in [9.17, 15) is 4.79 Å². The molecule has 1 amide bonds. The fourth-order valence-electron chi connectivity index (χ4n) is 2.46. The minimum atomic E-state index is -0.604. The minimum Gasteiger partial charge on any atom is -0.481 e. The highest BCUT2D eigenvalue weighted by Gasteiger charge is 2.16. The van der Waals surface area contributed by atoms with Crippen molar-refractivity contribution in [3.63, 3.8) is 0 Å². The predicted molar refractivity (Wildman–Crippen MR) is 87.3 cm³/mol. The average molecular weight is 335 g/mol. The molecule has 0 bridgehead atoms. The van der Waals surface area contributed by atoms with Crippen molar-refractivity contribution in [1.29, 1.82) is 0 Å². The Hall–Kier alpha value is -2.05. The summed E-state index contributed by atoms with van der Waals surface area (Å²) < 4.78 is 7.57. The first-order valence-corrected chi connectivity index (χ1v) is 7.96. The van der Waals surface area contributed by atoms with Gasteiger partial charge in [0, 0.05) is 18.1 Å². The Labute approximate surface area is 139 Å². The normalized spacial score (nSPS) is 14.9. The summed E-state index contributed by atoms with van der Waals surface area (Å²) >= 11 is 5.90. The second-order valence-corrected chi connectivity index (χ2v) is 5.90. The van der Waals surface area contributed by atoms with E-state index in [4.69, 9.17) is 16.3 Å².